The SMILES string of the molecule is C.C.Cc1nn(-c2ccc3nnc(C)n3n2)c(C)c1CCC(=O)N1CCN(Cc2ccccn2)CC1.Cc1nn(-c2ccc3nnc(C)n3n2)c(C)c1CCC(=O)O.c1ccc(CN2CCNCC2)nc1. The first-order valence-electron chi connectivity index (χ1n) is 23.4. The number of aryl methyl sites for hydroxylation is 4. The zero-order valence-corrected chi connectivity index (χ0v) is 40.2. The summed E-state index contributed by atoms with van der Waals surface area (Å²) in [6.45, 7) is 21.1. The number of hydrogen-bond donors (Lipinski definition) is 2. The third-order valence-electron chi connectivity index (χ3n) is 12.5. The molecule has 2 aliphatic rings. The van der Waals surface area contributed by atoms with E-state index in [2.05, 4.69) is 66.8 Å². The van der Waals surface area contributed by atoms with Gasteiger partial charge in [0, 0.05) is 102 Å². The molecule has 2 aliphatic heterocycles. The molecule has 1 amide bonds. The summed E-state index contributed by atoms with van der Waals surface area (Å²) in [6, 6.07) is 19.5. The van der Waals surface area contributed by atoms with Gasteiger partial charge in [0.1, 0.15) is 0 Å². The lowest BCUT2D eigenvalue weighted by atomic mass is 10.1. The molecule has 10 heterocycles. The summed E-state index contributed by atoms with van der Waals surface area (Å²) < 4.78 is 6.93. The molecular weight excluding hydrogens is 901 g/mol. The minimum Gasteiger partial charge on any atom is -0.481 e. The second kappa shape index (κ2) is 24.5. The zero-order valence-electron chi connectivity index (χ0n) is 40.2. The number of rotatable bonds is 12. The Morgan fingerprint density at radius 2 is 1.03 bits per heavy atom. The van der Waals surface area contributed by atoms with Crippen molar-refractivity contribution in [2.75, 3.05) is 52.4 Å². The van der Waals surface area contributed by atoms with Gasteiger partial charge in [-0.1, -0.05) is 27.0 Å². The molecule has 0 aromatic carbocycles. The van der Waals surface area contributed by atoms with Crippen LogP contribution in [-0.4, -0.2) is 153 Å². The molecule has 2 saturated heterocycles. The molecule has 21 heteroatoms. The molecule has 2 N–H and O–H groups in total. The molecule has 2 fully saturated rings. The fraction of sp³-hybridized carbons (Fsp3) is 0.440. The number of carboxylic acid groups (broad SMARTS) is 1. The molecule has 0 aliphatic carbocycles. The van der Waals surface area contributed by atoms with Gasteiger partial charge in [-0.2, -0.15) is 19.2 Å². The number of carboxylic acids is 1. The molecular formula is C50H68N18O3. The van der Waals surface area contributed by atoms with Crippen LogP contribution < -0.4 is 5.32 Å². The van der Waals surface area contributed by atoms with Gasteiger partial charge in [0.2, 0.25) is 5.91 Å². The number of amides is 1. The van der Waals surface area contributed by atoms with Crippen LogP contribution in [0.5, 0.6) is 0 Å². The van der Waals surface area contributed by atoms with Crippen molar-refractivity contribution >= 4 is 23.2 Å². The Morgan fingerprint density at radius 3 is 1.48 bits per heavy atom. The van der Waals surface area contributed by atoms with Crippen LogP contribution in [-0.2, 0) is 35.5 Å². The van der Waals surface area contributed by atoms with E-state index in [1.807, 2.05) is 118 Å². The largest absolute Gasteiger partial charge is 0.481 e. The predicted octanol–water partition coefficient (Wildman–Crippen LogP) is 4.92. The van der Waals surface area contributed by atoms with Crippen LogP contribution in [0, 0.1) is 41.5 Å². The van der Waals surface area contributed by atoms with Gasteiger partial charge in [-0.05, 0) is 114 Å². The van der Waals surface area contributed by atoms with E-state index in [9.17, 15) is 9.59 Å². The van der Waals surface area contributed by atoms with Crippen LogP contribution in [0.4, 0.5) is 0 Å². The van der Waals surface area contributed by atoms with Gasteiger partial charge in [0.15, 0.2) is 34.6 Å². The number of aromatic nitrogens is 14. The van der Waals surface area contributed by atoms with Crippen LogP contribution >= 0.6 is 0 Å². The summed E-state index contributed by atoms with van der Waals surface area (Å²) in [5.41, 5.74) is 9.31. The maximum Gasteiger partial charge on any atom is 0.303 e. The number of aliphatic carboxylic acids is 1. The van der Waals surface area contributed by atoms with E-state index in [1.165, 1.54) is 5.69 Å². The van der Waals surface area contributed by atoms with Gasteiger partial charge in [-0.25, -0.2) is 9.36 Å². The minimum atomic E-state index is -0.814. The Balaban J connectivity index is 0.000000191. The lowest BCUT2D eigenvalue weighted by Gasteiger charge is -2.34. The Kier molecular flexibility index (Phi) is 18.3. The van der Waals surface area contributed by atoms with Crippen molar-refractivity contribution in [3.63, 3.8) is 0 Å². The molecule has 8 aromatic heterocycles. The summed E-state index contributed by atoms with van der Waals surface area (Å²) in [7, 11) is 0. The highest BCUT2D eigenvalue weighted by molar-refractivity contribution is 5.76. The van der Waals surface area contributed by atoms with Crippen molar-refractivity contribution in [3.05, 3.63) is 130 Å². The molecule has 0 spiro atoms. The van der Waals surface area contributed by atoms with E-state index >= 15 is 0 Å². The van der Waals surface area contributed by atoms with Gasteiger partial charge in [-0.3, -0.25) is 29.4 Å². The quantitative estimate of drug-likeness (QED) is 0.166. The van der Waals surface area contributed by atoms with Gasteiger partial charge >= 0.3 is 5.97 Å². The number of pyridine rings is 2. The molecule has 0 bridgehead atoms. The van der Waals surface area contributed by atoms with Crippen molar-refractivity contribution in [3.8, 4) is 11.6 Å². The third kappa shape index (κ3) is 13.1. The number of nitrogens with one attached hydrogen (secondary N) is 1. The van der Waals surface area contributed by atoms with E-state index in [4.69, 9.17) is 10.2 Å². The Bertz CT molecular complexity index is 2980. The highest BCUT2D eigenvalue weighted by atomic mass is 16.4. The smallest absolute Gasteiger partial charge is 0.303 e. The Labute approximate surface area is 415 Å². The molecule has 0 atom stereocenters. The van der Waals surface area contributed by atoms with Crippen LogP contribution in [0.15, 0.2) is 73.1 Å². The molecule has 8 aromatic rings. The van der Waals surface area contributed by atoms with E-state index in [0.717, 1.165) is 111 Å². The third-order valence-corrected chi connectivity index (χ3v) is 12.5. The van der Waals surface area contributed by atoms with E-state index in [1.54, 1.807) is 13.7 Å². The average molecular weight is 969 g/mol. The molecule has 0 unspecified atom stereocenters. The van der Waals surface area contributed by atoms with Crippen molar-refractivity contribution < 1.29 is 14.7 Å². The van der Waals surface area contributed by atoms with Gasteiger partial charge < -0.3 is 15.3 Å². The Morgan fingerprint density at radius 1 is 0.563 bits per heavy atom. The van der Waals surface area contributed by atoms with E-state index in [-0.39, 0.29) is 27.2 Å². The van der Waals surface area contributed by atoms with Gasteiger partial charge in [0.05, 0.1) is 22.8 Å². The molecule has 21 nitrogen and oxygen atoms in total. The van der Waals surface area contributed by atoms with Crippen molar-refractivity contribution in [1.29, 1.82) is 0 Å². The van der Waals surface area contributed by atoms with E-state index in [0.29, 0.717) is 48.0 Å². The monoisotopic (exact) mass is 969 g/mol. The first-order chi connectivity index (χ1) is 33.4. The highest BCUT2D eigenvalue weighted by Crippen LogP contribution is 2.21. The summed E-state index contributed by atoms with van der Waals surface area (Å²) in [6.07, 6.45) is 5.37. The Hall–Kier alpha value is -7.36. The highest BCUT2D eigenvalue weighted by Gasteiger charge is 2.23. The predicted molar refractivity (Wildman–Crippen MR) is 270 cm³/mol. The van der Waals surface area contributed by atoms with Crippen molar-refractivity contribution in [1.82, 2.24) is 89.2 Å². The van der Waals surface area contributed by atoms with Gasteiger partial charge in [-0.15, -0.1) is 30.6 Å². The molecule has 0 saturated carbocycles. The number of nitrogens with zero attached hydrogens (tertiary/aromatic N) is 17. The number of fused-ring (bicyclic) bond motifs is 2. The lowest BCUT2D eigenvalue weighted by Crippen LogP contribution is -2.48. The fourth-order valence-corrected chi connectivity index (χ4v) is 8.61. The molecule has 0 radical (unpaired) electrons. The number of piperazine rings is 2. The lowest BCUT2D eigenvalue weighted by molar-refractivity contribution is -0.137. The summed E-state index contributed by atoms with van der Waals surface area (Å²) >= 11 is 0. The van der Waals surface area contributed by atoms with Gasteiger partial charge in [0.25, 0.3) is 0 Å². The number of carbonyl (C=O) groups excluding carboxylic acids is 1. The van der Waals surface area contributed by atoms with E-state index < -0.39 is 5.97 Å². The summed E-state index contributed by atoms with van der Waals surface area (Å²) in [5, 5.41) is 46.6. The van der Waals surface area contributed by atoms with Crippen molar-refractivity contribution in [2.45, 2.75) is 95.2 Å². The molecule has 71 heavy (non-hydrogen) atoms. The van der Waals surface area contributed by atoms with Crippen molar-refractivity contribution in [2.24, 2.45) is 0 Å². The second-order valence-electron chi connectivity index (χ2n) is 17.3. The zero-order chi connectivity index (χ0) is 48.4. The molecule has 10 rings (SSSR count). The van der Waals surface area contributed by atoms with Crippen LogP contribution in [0.2, 0.25) is 0 Å². The normalized spacial score (nSPS) is 14.0. The van der Waals surface area contributed by atoms with Crippen LogP contribution in [0.25, 0.3) is 22.9 Å². The summed E-state index contributed by atoms with van der Waals surface area (Å²) in [4.78, 5) is 39.2. The van der Waals surface area contributed by atoms with Crippen LogP contribution in [0.3, 0.4) is 0 Å². The first-order valence-corrected chi connectivity index (χ1v) is 23.4. The maximum absolute atomic E-state index is 12.9. The maximum atomic E-state index is 12.9. The fourth-order valence-electron chi connectivity index (χ4n) is 8.61. The number of hydrogen-bond acceptors (Lipinski definition) is 15. The summed E-state index contributed by atoms with van der Waals surface area (Å²) in [5.74, 6) is 2.17. The topological polar surface area (TPSA) is 224 Å². The average Bonchev–Trinajstić information content (AvgIpc) is 4.10. The second-order valence-corrected chi connectivity index (χ2v) is 17.3. The number of carbonyl (C=O) groups is 2. The first kappa shape index (κ1) is 53.0. The minimum absolute atomic E-state index is 0. The standard InChI is InChI=1S/C24H29N9O.C14H16N6O2.C10H15N3.2CH4/c1-17-21(18(2)32(28-17)23-9-8-22-27-26-19(3)33(22)29-23)7-10-24(34)31-14-12-30(13-15-31)16-20-6-4-5-11-25-20;1-8-11(4-7-14(21)22)9(2)19(17-8)13-6-5-12-16-15-10(3)20(12)18-13;1-2-4-12-10(3-1)9-13-7-5-11-6-8-13;;/h4-6,8-9,11H,7,10,12-16H2,1-3H3;5-6H,4,7H2,1-3H3,(H,21,22);1-4,11H,5-9H2;2*1H4. The molecule has 376 valence electrons. The van der Waals surface area contributed by atoms with Crippen LogP contribution in [0.1, 0.15) is 84.6 Å².